The Bertz CT molecular complexity index is 605. The molecule has 0 aliphatic carbocycles. The Balaban J connectivity index is 0.00000225. The van der Waals surface area contributed by atoms with Gasteiger partial charge >= 0.3 is 0 Å². The molecular formula is C19H28ClN3O2. The average Bonchev–Trinajstić information content (AvgIpc) is 3.22. The lowest BCUT2D eigenvalue weighted by molar-refractivity contribution is -0.134. The third-order valence-electron chi connectivity index (χ3n) is 5.22. The molecule has 5 nitrogen and oxygen atoms in total. The van der Waals surface area contributed by atoms with Crippen molar-refractivity contribution in [3.05, 3.63) is 29.8 Å². The summed E-state index contributed by atoms with van der Waals surface area (Å²) >= 11 is 0. The smallest absolute Gasteiger partial charge is 0.228 e. The predicted octanol–water partition coefficient (Wildman–Crippen LogP) is 2.09. The molecule has 138 valence electrons. The minimum absolute atomic E-state index is 0. The normalized spacial score (nSPS) is 23.0. The SMILES string of the molecule is CCc1ccc(N2CC(C(=O)N3CCC(CNC)C3)CC2=O)cc1.Cl. The summed E-state index contributed by atoms with van der Waals surface area (Å²) in [5, 5.41) is 3.18. The van der Waals surface area contributed by atoms with Crippen LogP contribution in [0.15, 0.2) is 24.3 Å². The van der Waals surface area contributed by atoms with E-state index >= 15 is 0 Å². The van der Waals surface area contributed by atoms with E-state index in [9.17, 15) is 9.59 Å². The first kappa shape index (κ1) is 19.7. The summed E-state index contributed by atoms with van der Waals surface area (Å²) in [6.45, 7) is 5.21. The topological polar surface area (TPSA) is 52.7 Å². The van der Waals surface area contributed by atoms with Crippen molar-refractivity contribution in [2.45, 2.75) is 26.2 Å². The van der Waals surface area contributed by atoms with Gasteiger partial charge in [-0.05, 0) is 50.0 Å². The highest BCUT2D eigenvalue weighted by Crippen LogP contribution is 2.28. The van der Waals surface area contributed by atoms with Crippen LogP contribution in [0.2, 0.25) is 0 Å². The Hall–Kier alpha value is -1.59. The lowest BCUT2D eigenvalue weighted by Gasteiger charge is -2.21. The highest BCUT2D eigenvalue weighted by atomic mass is 35.5. The molecule has 2 saturated heterocycles. The molecular weight excluding hydrogens is 338 g/mol. The van der Waals surface area contributed by atoms with Gasteiger partial charge < -0.3 is 15.1 Å². The summed E-state index contributed by atoms with van der Waals surface area (Å²) in [4.78, 5) is 28.8. The molecule has 1 aromatic carbocycles. The quantitative estimate of drug-likeness (QED) is 0.869. The molecule has 2 amide bonds. The molecule has 2 fully saturated rings. The third kappa shape index (κ3) is 4.33. The zero-order valence-corrected chi connectivity index (χ0v) is 15.8. The summed E-state index contributed by atoms with van der Waals surface area (Å²) in [7, 11) is 1.95. The number of anilines is 1. The number of likely N-dealkylation sites (tertiary alicyclic amines) is 1. The molecule has 2 heterocycles. The van der Waals surface area contributed by atoms with Crippen molar-refractivity contribution >= 4 is 29.9 Å². The van der Waals surface area contributed by atoms with Gasteiger partial charge in [-0.15, -0.1) is 12.4 Å². The maximum Gasteiger partial charge on any atom is 0.228 e. The van der Waals surface area contributed by atoms with Crippen LogP contribution in [-0.4, -0.2) is 49.9 Å². The molecule has 2 atom stereocenters. The van der Waals surface area contributed by atoms with Crippen molar-refractivity contribution in [1.29, 1.82) is 0 Å². The molecule has 6 heteroatoms. The van der Waals surface area contributed by atoms with Crippen molar-refractivity contribution in [3.63, 3.8) is 0 Å². The van der Waals surface area contributed by atoms with Gasteiger partial charge in [-0.25, -0.2) is 0 Å². The maximum absolute atomic E-state index is 12.7. The number of hydrogen-bond acceptors (Lipinski definition) is 3. The number of aryl methyl sites for hydroxylation is 1. The predicted molar refractivity (Wildman–Crippen MR) is 102 cm³/mol. The van der Waals surface area contributed by atoms with Crippen LogP contribution in [0.1, 0.15) is 25.3 Å². The number of amides is 2. The number of carbonyl (C=O) groups is 2. The van der Waals surface area contributed by atoms with E-state index in [0.29, 0.717) is 18.9 Å². The molecule has 0 bridgehead atoms. The van der Waals surface area contributed by atoms with Gasteiger partial charge in [0.25, 0.3) is 0 Å². The standard InChI is InChI=1S/C19H27N3O2.ClH/c1-3-14-4-6-17(7-5-14)22-13-16(10-18(22)23)19(24)21-9-8-15(12-21)11-20-2;/h4-7,15-16,20H,3,8-13H2,1-2H3;1H. The summed E-state index contributed by atoms with van der Waals surface area (Å²) in [5.41, 5.74) is 2.16. The molecule has 0 aromatic heterocycles. The maximum atomic E-state index is 12.7. The van der Waals surface area contributed by atoms with Crippen molar-refractivity contribution in [1.82, 2.24) is 10.2 Å². The van der Waals surface area contributed by atoms with Crippen molar-refractivity contribution in [3.8, 4) is 0 Å². The number of carbonyl (C=O) groups excluding carboxylic acids is 2. The molecule has 25 heavy (non-hydrogen) atoms. The molecule has 1 aromatic rings. The second kappa shape index (κ2) is 8.68. The van der Waals surface area contributed by atoms with E-state index in [-0.39, 0.29) is 30.1 Å². The van der Waals surface area contributed by atoms with Crippen LogP contribution in [0.3, 0.4) is 0 Å². The molecule has 3 rings (SSSR count). The Morgan fingerprint density at radius 1 is 1.24 bits per heavy atom. The molecule has 0 radical (unpaired) electrons. The largest absolute Gasteiger partial charge is 0.342 e. The van der Waals surface area contributed by atoms with E-state index in [0.717, 1.165) is 38.2 Å². The minimum Gasteiger partial charge on any atom is -0.342 e. The van der Waals surface area contributed by atoms with Crippen LogP contribution in [0.4, 0.5) is 5.69 Å². The zero-order chi connectivity index (χ0) is 17.1. The van der Waals surface area contributed by atoms with Gasteiger partial charge in [0.2, 0.25) is 11.8 Å². The summed E-state index contributed by atoms with van der Waals surface area (Å²) in [6.07, 6.45) is 2.37. The zero-order valence-electron chi connectivity index (χ0n) is 15.0. The number of benzene rings is 1. The van der Waals surface area contributed by atoms with Crippen LogP contribution >= 0.6 is 12.4 Å². The Kier molecular flexibility index (Phi) is 6.85. The Morgan fingerprint density at radius 2 is 1.96 bits per heavy atom. The Morgan fingerprint density at radius 3 is 2.60 bits per heavy atom. The monoisotopic (exact) mass is 365 g/mol. The van der Waals surface area contributed by atoms with Crippen LogP contribution in [0.25, 0.3) is 0 Å². The van der Waals surface area contributed by atoms with Crippen LogP contribution in [-0.2, 0) is 16.0 Å². The molecule has 0 saturated carbocycles. The van der Waals surface area contributed by atoms with Crippen LogP contribution < -0.4 is 10.2 Å². The van der Waals surface area contributed by atoms with Gasteiger partial charge in [0.15, 0.2) is 0 Å². The highest BCUT2D eigenvalue weighted by molar-refractivity contribution is 6.00. The number of nitrogens with one attached hydrogen (secondary N) is 1. The fraction of sp³-hybridized carbons (Fsp3) is 0.579. The van der Waals surface area contributed by atoms with E-state index < -0.39 is 0 Å². The molecule has 2 aliphatic heterocycles. The molecule has 2 unspecified atom stereocenters. The summed E-state index contributed by atoms with van der Waals surface area (Å²) < 4.78 is 0. The van der Waals surface area contributed by atoms with Gasteiger partial charge in [0.1, 0.15) is 0 Å². The first-order valence-corrected chi connectivity index (χ1v) is 8.95. The fourth-order valence-electron chi connectivity index (χ4n) is 3.78. The fourth-order valence-corrected chi connectivity index (χ4v) is 3.78. The van der Waals surface area contributed by atoms with Crippen LogP contribution in [0, 0.1) is 11.8 Å². The first-order valence-electron chi connectivity index (χ1n) is 8.95. The highest BCUT2D eigenvalue weighted by Gasteiger charge is 2.38. The summed E-state index contributed by atoms with van der Waals surface area (Å²) in [6, 6.07) is 8.09. The van der Waals surface area contributed by atoms with Gasteiger partial charge in [-0.3, -0.25) is 9.59 Å². The van der Waals surface area contributed by atoms with E-state index in [2.05, 4.69) is 24.4 Å². The molecule has 0 spiro atoms. The second-order valence-corrected chi connectivity index (χ2v) is 6.92. The van der Waals surface area contributed by atoms with E-state index in [1.807, 2.05) is 24.1 Å². The second-order valence-electron chi connectivity index (χ2n) is 6.92. The van der Waals surface area contributed by atoms with Gasteiger partial charge in [0, 0.05) is 31.7 Å². The average molecular weight is 366 g/mol. The van der Waals surface area contributed by atoms with E-state index in [1.54, 1.807) is 4.90 Å². The first-order chi connectivity index (χ1) is 11.6. The van der Waals surface area contributed by atoms with E-state index in [4.69, 9.17) is 0 Å². The summed E-state index contributed by atoms with van der Waals surface area (Å²) in [5.74, 6) is 0.545. The van der Waals surface area contributed by atoms with Gasteiger partial charge in [-0.1, -0.05) is 19.1 Å². The van der Waals surface area contributed by atoms with Gasteiger partial charge in [-0.2, -0.15) is 0 Å². The number of nitrogens with zero attached hydrogens (tertiary/aromatic N) is 2. The lowest BCUT2D eigenvalue weighted by Crippen LogP contribution is -2.36. The minimum atomic E-state index is -0.198. The Labute approximate surface area is 156 Å². The lowest BCUT2D eigenvalue weighted by atomic mass is 10.1. The molecule has 1 N–H and O–H groups in total. The molecule has 2 aliphatic rings. The van der Waals surface area contributed by atoms with Crippen molar-refractivity contribution in [2.24, 2.45) is 11.8 Å². The third-order valence-corrected chi connectivity index (χ3v) is 5.22. The van der Waals surface area contributed by atoms with E-state index in [1.165, 1.54) is 5.56 Å². The number of rotatable bonds is 5. The van der Waals surface area contributed by atoms with Crippen molar-refractivity contribution < 1.29 is 9.59 Å². The number of halogens is 1. The van der Waals surface area contributed by atoms with Crippen LogP contribution in [0.5, 0.6) is 0 Å². The van der Waals surface area contributed by atoms with Crippen molar-refractivity contribution in [2.75, 3.05) is 38.1 Å². The number of hydrogen-bond donors (Lipinski definition) is 1. The van der Waals surface area contributed by atoms with Gasteiger partial charge in [0.05, 0.1) is 5.92 Å².